The first-order valence-electron chi connectivity index (χ1n) is 8.11. The van der Waals surface area contributed by atoms with E-state index < -0.39 is 4.92 Å². The third-order valence-corrected chi connectivity index (χ3v) is 4.09. The largest absolute Gasteiger partial charge is 0.454 e. The normalized spacial score (nSPS) is 10.7. The van der Waals surface area contributed by atoms with Crippen molar-refractivity contribution in [3.8, 4) is 28.5 Å². The monoisotopic (exact) mass is 359 g/mol. The number of benzene rings is 2. The fraction of sp³-hybridized carbons (Fsp3) is 0. The van der Waals surface area contributed by atoms with Crippen molar-refractivity contribution in [3.63, 3.8) is 0 Å². The molecule has 0 atom stereocenters. The molecule has 0 aliphatic heterocycles. The first-order chi connectivity index (χ1) is 13.2. The van der Waals surface area contributed by atoms with Gasteiger partial charge in [-0.15, -0.1) is 0 Å². The highest BCUT2D eigenvalue weighted by atomic mass is 16.6. The van der Waals surface area contributed by atoms with Crippen LogP contribution in [0.5, 0.6) is 0 Å². The zero-order valence-electron chi connectivity index (χ0n) is 14.0. The number of hydrogen-bond donors (Lipinski definition) is 0. The lowest BCUT2D eigenvalue weighted by Gasteiger charge is -1.99. The van der Waals surface area contributed by atoms with Gasteiger partial charge in [-0.1, -0.05) is 18.2 Å². The van der Waals surface area contributed by atoms with E-state index in [1.807, 2.05) is 30.3 Å². The van der Waals surface area contributed by atoms with Crippen LogP contribution in [0.1, 0.15) is 10.4 Å². The summed E-state index contributed by atoms with van der Waals surface area (Å²) in [6.07, 6.45) is 2.38. The van der Waals surface area contributed by atoms with Crippen LogP contribution in [0.4, 0.5) is 5.69 Å². The van der Waals surface area contributed by atoms with Crippen molar-refractivity contribution < 1.29 is 14.1 Å². The number of aldehydes is 1. The van der Waals surface area contributed by atoms with Gasteiger partial charge in [0, 0.05) is 23.9 Å². The predicted molar refractivity (Wildman–Crippen MR) is 98.7 cm³/mol. The first-order valence-corrected chi connectivity index (χ1v) is 8.11. The Morgan fingerprint density at radius 1 is 0.963 bits per heavy atom. The van der Waals surface area contributed by atoms with Gasteiger partial charge in [0.2, 0.25) is 0 Å². The van der Waals surface area contributed by atoms with Crippen LogP contribution in [0.3, 0.4) is 0 Å². The standard InChI is InChI=1S/C20H13N3O4/c24-13-15-12-22(16-4-2-1-3-5-16)21-20(15)19-11-10-18(27-19)14-6-8-17(9-7-14)23(25)26/h1-13H. The molecule has 0 aliphatic carbocycles. The van der Waals surface area contributed by atoms with Gasteiger partial charge in [-0.2, -0.15) is 5.10 Å². The molecule has 4 aromatic rings. The Labute approximate surface area is 153 Å². The van der Waals surface area contributed by atoms with Crippen LogP contribution in [0.2, 0.25) is 0 Å². The van der Waals surface area contributed by atoms with Crippen molar-refractivity contribution in [2.75, 3.05) is 0 Å². The van der Waals surface area contributed by atoms with Crippen molar-refractivity contribution in [1.29, 1.82) is 0 Å². The summed E-state index contributed by atoms with van der Waals surface area (Å²) in [5.41, 5.74) is 2.37. The quantitative estimate of drug-likeness (QED) is 0.297. The molecule has 0 aliphatic rings. The molecule has 0 amide bonds. The number of aromatic nitrogens is 2. The smallest absolute Gasteiger partial charge is 0.269 e. The second-order valence-electron chi connectivity index (χ2n) is 5.80. The minimum atomic E-state index is -0.454. The molecule has 0 saturated carbocycles. The predicted octanol–water partition coefficient (Wildman–Crippen LogP) is 4.52. The van der Waals surface area contributed by atoms with Crippen LogP contribution in [-0.2, 0) is 0 Å². The summed E-state index contributed by atoms with van der Waals surface area (Å²) in [6, 6.07) is 19.0. The molecular formula is C20H13N3O4. The lowest BCUT2D eigenvalue weighted by Crippen LogP contribution is -1.93. The van der Waals surface area contributed by atoms with Crippen LogP contribution in [0, 0.1) is 10.1 Å². The number of nitrogens with zero attached hydrogens (tertiary/aromatic N) is 3. The van der Waals surface area contributed by atoms with E-state index >= 15 is 0 Å². The number of para-hydroxylation sites is 1. The second kappa shape index (κ2) is 6.72. The molecule has 7 nitrogen and oxygen atoms in total. The SMILES string of the molecule is O=Cc1cn(-c2ccccc2)nc1-c1ccc(-c2ccc([N+](=O)[O-])cc2)o1. The molecule has 2 aromatic heterocycles. The van der Waals surface area contributed by atoms with Gasteiger partial charge in [0.05, 0.1) is 16.2 Å². The van der Waals surface area contributed by atoms with E-state index in [0.29, 0.717) is 28.3 Å². The number of non-ortho nitro benzene ring substituents is 1. The van der Waals surface area contributed by atoms with Crippen molar-refractivity contribution in [1.82, 2.24) is 9.78 Å². The highest BCUT2D eigenvalue weighted by molar-refractivity contribution is 5.84. The Morgan fingerprint density at radius 2 is 1.67 bits per heavy atom. The maximum Gasteiger partial charge on any atom is 0.269 e. The number of carbonyl (C=O) groups is 1. The number of carbonyl (C=O) groups excluding carboxylic acids is 1. The van der Waals surface area contributed by atoms with Gasteiger partial charge in [0.15, 0.2) is 12.0 Å². The van der Waals surface area contributed by atoms with E-state index in [1.165, 1.54) is 12.1 Å². The molecule has 132 valence electrons. The summed E-state index contributed by atoms with van der Waals surface area (Å²) in [6.45, 7) is 0. The van der Waals surface area contributed by atoms with E-state index in [4.69, 9.17) is 4.42 Å². The number of rotatable bonds is 5. The van der Waals surface area contributed by atoms with Crippen molar-refractivity contribution in [2.24, 2.45) is 0 Å². The summed E-state index contributed by atoms with van der Waals surface area (Å²) in [5.74, 6) is 0.978. The van der Waals surface area contributed by atoms with E-state index in [-0.39, 0.29) is 5.69 Å². The van der Waals surface area contributed by atoms with Gasteiger partial charge in [-0.25, -0.2) is 4.68 Å². The minimum Gasteiger partial charge on any atom is -0.454 e. The number of hydrogen-bond acceptors (Lipinski definition) is 5. The van der Waals surface area contributed by atoms with Crippen LogP contribution in [0.25, 0.3) is 28.5 Å². The molecule has 0 bridgehead atoms. The molecule has 7 heteroatoms. The summed E-state index contributed by atoms with van der Waals surface area (Å²) in [5, 5.41) is 15.2. The highest BCUT2D eigenvalue weighted by Crippen LogP contribution is 2.30. The average molecular weight is 359 g/mol. The van der Waals surface area contributed by atoms with E-state index in [1.54, 1.807) is 35.1 Å². The van der Waals surface area contributed by atoms with Gasteiger partial charge in [0.25, 0.3) is 5.69 Å². The van der Waals surface area contributed by atoms with Gasteiger partial charge >= 0.3 is 0 Å². The fourth-order valence-electron chi connectivity index (χ4n) is 2.75. The Bertz CT molecular complexity index is 1110. The van der Waals surface area contributed by atoms with Crippen LogP contribution in [-0.4, -0.2) is 21.0 Å². The number of furan rings is 1. The maximum absolute atomic E-state index is 11.5. The van der Waals surface area contributed by atoms with Gasteiger partial charge in [-0.05, 0) is 36.4 Å². The molecule has 4 rings (SSSR count). The van der Waals surface area contributed by atoms with Crippen molar-refractivity contribution >= 4 is 12.0 Å². The molecule has 2 heterocycles. The molecule has 0 unspecified atom stereocenters. The van der Waals surface area contributed by atoms with E-state index in [9.17, 15) is 14.9 Å². The summed E-state index contributed by atoms with van der Waals surface area (Å²) in [4.78, 5) is 21.8. The zero-order chi connectivity index (χ0) is 18.8. The topological polar surface area (TPSA) is 91.2 Å². The Balaban J connectivity index is 1.70. The lowest BCUT2D eigenvalue weighted by molar-refractivity contribution is -0.384. The van der Waals surface area contributed by atoms with Crippen LogP contribution in [0.15, 0.2) is 77.3 Å². The summed E-state index contributed by atoms with van der Waals surface area (Å²) < 4.78 is 7.46. The summed E-state index contributed by atoms with van der Waals surface area (Å²) in [7, 11) is 0. The van der Waals surface area contributed by atoms with E-state index in [0.717, 1.165) is 12.0 Å². The molecular weight excluding hydrogens is 346 g/mol. The molecule has 27 heavy (non-hydrogen) atoms. The third kappa shape index (κ3) is 3.13. The van der Waals surface area contributed by atoms with Crippen molar-refractivity contribution in [3.05, 3.63) is 88.6 Å². The van der Waals surface area contributed by atoms with Crippen LogP contribution < -0.4 is 0 Å². The third-order valence-electron chi connectivity index (χ3n) is 4.09. The van der Waals surface area contributed by atoms with E-state index in [2.05, 4.69) is 5.10 Å². The number of nitro groups is 1. The molecule has 0 saturated heterocycles. The van der Waals surface area contributed by atoms with Gasteiger partial charge in [-0.3, -0.25) is 14.9 Å². The van der Waals surface area contributed by atoms with Gasteiger partial charge < -0.3 is 4.42 Å². The zero-order valence-corrected chi connectivity index (χ0v) is 14.0. The Hall–Kier alpha value is -4.00. The second-order valence-corrected chi connectivity index (χ2v) is 5.80. The van der Waals surface area contributed by atoms with Crippen molar-refractivity contribution in [2.45, 2.75) is 0 Å². The molecule has 0 spiro atoms. The molecule has 2 aromatic carbocycles. The molecule has 0 radical (unpaired) electrons. The highest BCUT2D eigenvalue weighted by Gasteiger charge is 2.16. The maximum atomic E-state index is 11.5. The first kappa shape index (κ1) is 16.5. The van der Waals surface area contributed by atoms with Gasteiger partial charge in [0.1, 0.15) is 11.5 Å². The molecule has 0 N–H and O–H groups in total. The van der Waals surface area contributed by atoms with Crippen LogP contribution >= 0.6 is 0 Å². The minimum absolute atomic E-state index is 0.00961. The average Bonchev–Trinajstić information content (AvgIpc) is 3.35. The number of nitro benzene ring substituents is 1. The Morgan fingerprint density at radius 3 is 2.33 bits per heavy atom. The molecule has 0 fully saturated rings. The summed E-state index contributed by atoms with van der Waals surface area (Å²) >= 11 is 0. The lowest BCUT2D eigenvalue weighted by atomic mass is 10.1. The Kier molecular flexibility index (Phi) is 4.10. The fourth-order valence-corrected chi connectivity index (χ4v) is 2.75.